The summed E-state index contributed by atoms with van der Waals surface area (Å²) in [7, 11) is 0. The number of carbonyl (C=O) groups excluding carboxylic acids is 1. The Morgan fingerprint density at radius 3 is 2.43 bits per heavy atom. The fraction of sp³-hybridized carbons (Fsp3) is 0.750. The maximum absolute atomic E-state index is 11.2. The molecule has 82 valence electrons. The lowest BCUT2D eigenvalue weighted by Gasteiger charge is -2.08. The molecular formula is C8H15BrN2O3. The first-order valence-corrected chi connectivity index (χ1v) is 5.38. The van der Waals surface area contributed by atoms with Crippen molar-refractivity contribution < 1.29 is 14.7 Å². The number of rotatable bonds is 6. The standard InChI is InChI=1S/C8H15BrN2O3/c1-2-6(9)7(12)10-4-3-5-11-8(13)14/h6,11H,2-5H2,1H3,(H,10,12)(H,13,14). The first-order chi connectivity index (χ1) is 6.57. The number of amides is 2. The quantitative estimate of drug-likeness (QED) is 0.495. The number of carbonyl (C=O) groups is 2. The van der Waals surface area contributed by atoms with Gasteiger partial charge in [0.25, 0.3) is 0 Å². The second kappa shape index (κ2) is 7.61. The van der Waals surface area contributed by atoms with Gasteiger partial charge in [-0.2, -0.15) is 0 Å². The molecule has 0 saturated heterocycles. The van der Waals surface area contributed by atoms with Gasteiger partial charge in [-0.25, -0.2) is 4.79 Å². The van der Waals surface area contributed by atoms with Crippen molar-refractivity contribution in [2.75, 3.05) is 13.1 Å². The predicted molar refractivity (Wildman–Crippen MR) is 56.7 cm³/mol. The lowest BCUT2D eigenvalue weighted by molar-refractivity contribution is -0.120. The number of nitrogens with one attached hydrogen (secondary N) is 2. The topological polar surface area (TPSA) is 78.4 Å². The van der Waals surface area contributed by atoms with Gasteiger partial charge in [-0.1, -0.05) is 22.9 Å². The van der Waals surface area contributed by atoms with Crippen molar-refractivity contribution in [2.24, 2.45) is 0 Å². The van der Waals surface area contributed by atoms with Crippen molar-refractivity contribution in [2.45, 2.75) is 24.6 Å². The molecule has 1 atom stereocenters. The van der Waals surface area contributed by atoms with Gasteiger partial charge in [-0.3, -0.25) is 4.79 Å². The third-order valence-electron chi connectivity index (χ3n) is 1.57. The van der Waals surface area contributed by atoms with Gasteiger partial charge < -0.3 is 15.7 Å². The van der Waals surface area contributed by atoms with E-state index in [1.807, 2.05) is 6.92 Å². The Hall–Kier alpha value is -0.780. The van der Waals surface area contributed by atoms with E-state index in [9.17, 15) is 9.59 Å². The fourth-order valence-corrected chi connectivity index (χ4v) is 0.953. The number of hydrogen-bond donors (Lipinski definition) is 3. The summed E-state index contributed by atoms with van der Waals surface area (Å²) in [5, 5.41) is 13.1. The zero-order chi connectivity index (χ0) is 11.0. The van der Waals surface area contributed by atoms with E-state index >= 15 is 0 Å². The molecule has 0 fully saturated rings. The molecule has 0 spiro atoms. The van der Waals surface area contributed by atoms with Gasteiger partial charge in [-0.15, -0.1) is 0 Å². The molecule has 0 saturated carbocycles. The Morgan fingerprint density at radius 2 is 1.93 bits per heavy atom. The van der Waals surface area contributed by atoms with Crippen LogP contribution >= 0.6 is 15.9 Å². The molecule has 1 unspecified atom stereocenters. The molecule has 0 rings (SSSR count). The van der Waals surface area contributed by atoms with Crippen LogP contribution in [0.4, 0.5) is 4.79 Å². The average molecular weight is 267 g/mol. The molecule has 14 heavy (non-hydrogen) atoms. The van der Waals surface area contributed by atoms with Crippen LogP contribution in [-0.2, 0) is 4.79 Å². The minimum atomic E-state index is -1.04. The van der Waals surface area contributed by atoms with Crippen LogP contribution in [0.1, 0.15) is 19.8 Å². The van der Waals surface area contributed by atoms with Gasteiger partial charge in [0.15, 0.2) is 0 Å². The first-order valence-electron chi connectivity index (χ1n) is 4.46. The highest BCUT2D eigenvalue weighted by Crippen LogP contribution is 2.03. The Labute approximate surface area is 91.4 Å². The van der Waals surface area contributed by atoms with Crippen LogP contribution in [0.5, 0.6) is 0 Å². The Morgan fingerprint density at radius 1 is 1.36 bits per heavy atom. The molecule has 6 heteroatoms. The average Bonchev–Trinajstić information content (AvgIpc) is 2.15. The molecule has 0 aromatic carbocycles. The molecule has 0 aliphatic heterocycles. The van der Waals surface area contributed by atoms with Crippen LogP contribution < -0.4 is 10.6 Å². The molecule has 2 amide bonds. The maximum atomic E-state index is 11.2. The molecule has 0 heterocycles. The summed E-state index contributed by atoms with van der Waals surface area (Å²) < 4.78 is 0. The molecule has 0 aromatic heterocycles. The Balaban J connectivity index is 3.36. The lowest BCUT2D eigenvalue weighted by Crippen LogP contribution is -2.33. The third kappa shape index (κ3) is 6.71. The van der Waals surface area contributed by atoms with Crippen LogP contribution in [-0.4, -0.2) is 35.0 Å². The van der Waals surface area contributed by atoms with Gasteiger partial charge in [0, 0.05) is 13.1 Å². The molecule has 5 nitrogen and oxygen atoms in total. The van der Waals surface area contributed by atoms with E-state index in [0.29, 0.717) is 19.5 Å². The predicted octanol–water partition coefficient (Wildman–Crippen LogP) is 0.934. The van der Waals surface area contributed by atoms with Crippen molar-refractivity contribution >= 4 is 27.9 Å². The summed E-state index contributed by atoms with van der Waals surface area (Å²) in [5.41, 5.74) is 0. The normalized spacial score (nSPS) is 11.9. The van der Waals surface area contributed by atoms with E-state index in [4.69, 9.17) is 5.11 Å². The monoisotopic (exact) mass is 266 g/mol. The summed E-state index contributed by atoms with van der Waals surface area (Å²) in [4.78, 5) is 21.1. The van der Waals surface area contributed by atoms with Gasteiger partial charge in [0.05, 0.1) is 4.83 Å². The minimum Gasteiger partial charge on any atom is -0.465 e. The second-order valence-electron chi connectivity index (χ2n) is 2.75. The molecular weight excluding hydrogens is 252 g/mol. The number of halogens is 1. The van der Waals surface area contributed by atoms with Gasteiger partial charge in [-0.05, 0) is 12.8 Å². The van der Waals surface area contributed by atoms with E-state index in [2.05, 4.69) is 26.6 Å². The highest BCUT2D eigenvalue weighted by molar-refractivity contribution is 9.10. The third-order valence-corrected chi connectivity index (χ3v) is 2.64. The van der Waals surface area contributed by atoms with Crippen molar-refractivity contribution in [3.8, 4) is 0 Å². The highest BCUT2D eigenvalue weighted by atomic mass is 79.9. The summed E-state index contributed by atoms with van der Waals surface area (Å²) in [6.45, 7) is 2.75. The molecule has 0 aromatic rings. The van der Waals surface area contributed by atoms with E-state index in [1.54, 1.807) is 0 Å². The summed E-state index contributed by atoms with van der Waals surface area (Å²) in [6.07, 6.45) is 0.295. The van der Waals surface area contributed by atoms with Gasteiger partial charge >= 0.3 is 6.09 Å². The molecule has 0 bridgehead atoms. The summed E-state index contributed by atoms with van der Waals surface area (Å²) >= 11 is 3.21. The van der Waals surface area contributed by atoms with Crippen LogP contribution in [0.25, 0.3) is 0 Å². The number of carboxylic acid groups (broad SMARTS) is 1. The number of hydrogen-bond acceptors (Lipinski definition) is 2. The van der Waals surface area contributed by atoms with Gasteiger partial charge in [0.2, 0.25) is 5.91 Å². The van der Waals surface area contributed by atoms with Crippen LogP contribution in [0.2, 0.25) is 0 Å². The first kappa shape index (κ1) is 13.2. The van der Waals surface area contributed by atoms with Crippen LogP contribution in [0, 0.1) is 0 Å². The van der Waals surface area contributed by atoms with Crippen molar-refractivity contribution in [3.05, 3.63) is 0 Å². The molecule has 3 N–H and O–H groups in total. The van der Waals surface area contributed by atoms with E-state index in [-0.39, 0.29) is 10.7 Å². The van der Waals surface area contributed by atoms with Crippen LogP contribution in [0.15, 0.2) is 0 Å². The minimum absolute atomic E-state index is 0.0529. The molecule has 0 aliphatic rings. The largest absolute Gasteiger partial charge is 0.465 e. The molecule has 0 aliphatic carbocycles. The second-order valence-corrected chi connectivity index (χ2v) is 3.86. The Bertz CT molecular complexity index is 199. The van der Waals surface area contributed by atoms with Crippen molar-refractivity contribution in [1.82, 2.24) is 10.6 Å². The number of alkyl halides is 1. The smallest absolute Gasteiger partial charge is 0.404 e. The zero-order valence-electron chi connectivity index (χ0n) is 8.05. The Kier molecular flexibility index (Phi) is 7.18. The van der Waals surface area contributed by atoms with Gasteiger partial charge in [0.1, 0.15) is 0 Å². The summed E-state index contributed by atoms with van der Waals surface area (Å²) in [6, 6.07) is 0. The van der Waals surface area contributed by atoms with E-state index in [1.165, 1.54) is 0 Å². The SMILES string of the molecule is CCC(Br)C(=O)NCCCNC(=O)O. The highest BCUT2D eigenvalue weighted by Gasteiger charge is 2.10. The zero-order valence-corrected chi connectivity index (χ0v) is 9.63. The van der Waals surface area contributed by atoms with E-state index in [0.717, 1.165) is 6.42 Å². The molecule has 0 radical (unpaired) electrons. The lowest BCUT2D eigenvalue weighted by atomic mass is 10.3. The van der Waals surface area contributed by atoms with Crippen molar-refractivity contribution in [1.29, 1.82) is 0 Å². The van der Waals surface area contributed by atoms with E-state index < -0.39 is 6.09 Å². The summed E-state index contributed by atoms with van der Waals surface area (Å²) in [5.74, 6) is -0.0529. The van der Waals surface area contributed by atoms with Crippen LogP contribution in [0.3, 0.4) is 0 Å². The maximum Gasteiger partial charge on any atom is 0.404 e. The fourth-order valence-electron chi connectivity index (χ4n) is 0.791. The van der Waals surface area contributed by atoms with Crippen molar-refractivity contribution in [3.63, 3.8) is 0 Å².